The van der Waals surface area contributed by atoms with Crippen LogP contribution < -0.4 is 9.62 Å². The molecular formula is C25H21BrN2O5S2. The molecule has 35 heavy (non-hydrogen) atoms. The number of carbonyl (C=O) groups excluding carboxylic acids is 2. The Morgan fingerprint density at radius 1 is 1.00 bits per heavy atom. The zero-order valence-corrected chi connectivity index (χ0v) is 22.0. The molecule has 1 aromatic heterocycles. The van der Waals surface area contributed by atoms with E-state index in [9.17, 15) is 18.0 Å². The predicted molar refractivity (Wildman–Crippen MR) is 142 cm³/mol. The summed E-state index contributed by atoms with van der Waals surface area (Å²) in [6.07, 6.45) is 0. The van der Waals surface area contributed by atoms with Crippen molar-refractivity contribution in [3.05, 3.63) is 87.7 Å². The van der Waals surface area contributed by atoms with Gasteiger partial charge in [-0.05, 0) is 85.1 Å². The third-order valence-electron chi connectivity index (χ3n) is 5.21. The molecule has 0 bridgehead atoms. The summed E-state index contributed by atoms with van der Waals surface area (Å²) in [7, 11) is -2.24. The smallest absolute Gasteiger partial charge is 0.338 e. The molecule has 0 aliphatic rings. The maximum Gasteiger partial charge on any atom is 0.338 e. The molecule has 3 aromatic carbocycles. The van der Waals surface area contributed by atoms with Gasteiger partial charge in [0.1, 0.15) is 0 Å². The lowest BCUT2D eigenvalue weighted by molar-refractivity contribution is 0.0526. The Labute approximate surface area is 215 Å². The van der Waals surface area contributed by atoms with Crippen LogP contribution >= 0.6 is 27.3 Å². The Morgan fingerprint density at radius 3 is 2.34 bits per heavy atom. The Kier molecular flexibility index (Phi) is 7.25. The first-order valence-electron chi connectivity index (χ1n) is 10.6. The van der Waals surface area contributed by atoms with Gasteiger partial charge >= 0.3 is 5.97 Å². The van der Waals surface area contributed by atoms with Gasteiger partial charge in [-0.3, -0.25) is 9.10 Å². The number of sulfonamides is 1. The van der Waals surface area contributed by atoms with Crippen molar-refractivity contribution in [1.29, 1.82) is 0 Å². The standard InChI is InChI=1S/C25H21BrN2O5S2/c1-3-33-25(30)16-4-8-19(9-5-16)27-24(29)23-15-17-14-20(10-13-22(17)34-23)28(2)35(31,32)21-11-6-18(26)7-12-21/h4-15H,3H2,1-2H3,(H,27,29). The topological polar surface area (TPSA) is 92.8 Å². The second-order valence-electron chi connectivity index (χ2n) is 7.51. The van der Waals surface area contributed by atoms with Gasteiger partial charge in [-0.15, -0.1) is 11.3 Å². The minimum atomic E-state index is -3.74. The first kappa shape index (κ1) is 24.9. The van der Waals surface area contributed by atoms with E-state index in [1.54, 1.807) is 79.7 Å². The van der Waals surface area contributed by atoms with Gasteiger partial charge in [-0.25, -0.2) is 13.2 Å². The average molecular weight is 573 g/mol. The van der Waals surface area contributed by atoms with E-state index in [2.05, 4.69) is 21.2 Å². The van der Waals surface area contributed by atoms with Crippen LogP contribution in [-0.4, -0.2) is 33.9 Å². The van der Waals surface area contributed by atoms with Crippen LogP contribution in [0.5, 0.6) is 0 Å². The highest BCUT2D eigenvalue weighted by Gasteiger charge is 2.22. The SMILES string of the molecule is CCOC(=O)c1ccc(NC(=O)c2cc3cc(N(C)S(=O)(=O)c4ccc(Br)cc4)ccc3s2)cc1. The molecule has 0 radical (unpaired) electrons. The second-order valence-corrected chi connectivity index (χ2v) is 11.5. The molecule has 0 fully saturated rings. The van der Waals surface area contributed by atoms with Crippen LogP contribution in [0, 0.1) is 0 Å². The van der Waals surface area contributed by atoms with Crippen molar-refractivity contribution in [1.82, 2.24) is 0 Å². The van der Waals surface area contributed by atoms with Crippen LogP contribution in [0.1, 0.15) is 27.0 Å². The second kappa shape index (κ2) is 10.2. The number of anilines is 2. The largest absolute Gasteiger partial charge is 0.462 e. The van der Waals surface area contributed by atoms with E-state index in [4.69, 9.17) is 4.74 Å². The molecule has 0 unspecified atom stereocenters. The van der Waals surface area contributed by atoms with E-state index in [1.807, 2.05) is 0 Å². The molecule has 7 nitrogen and oxygen atoms in total. The van der Waals surface area contributed by atoms with Gasteiger partial charge in [-0.1, -0.05) is 15.9 Å². The summed E-state index contributed by atoms with van der Waals surface area (Å²) in [5.74, 6) is -0.717. The van der Waals surface area contributed by atoms with Crippen molar-refractivity contribution in [2.45, 2.75) is 11.8 Å². The van der Waals surface area contributed by atoms with Gasteiger partial charge in [0.05, 0.1) is 27.6 Å². The van der Waals surface area contributed by atoms with Crippen LogP contribution in [0.15, 0.2) is 82.2 Å². The molecule has 0 aliphatic heterocycles. The quantitative estimate of drug-likeness (QED) is 0.277. The molecule has 0 atom stereocenters. The number of halogens is 1. The predicted octanol–water partition coefficient (Wildman–Crippen LogP) is 5.92. The van der Waals surface area contributed by atoms with Crippen molar-refractivity contribution in [3.63, 3.8) is 0 Å². The number of benzene rings is 3. The minimum absolute atomic E-state index is 0.183. The Bertz CT molecular complexity index is 1500. The normalized spacial score (nSPS) is 11.3. The number of amides is 1. The number of ether oxygens (including phenoxy) is 1. The molecule has 4 aromatic rings. The number of hydrogen-bond acceptors (Lipinski definition) is 6. The lowest BCUT2D eigenvalue weighted by atomic mass is 10.2. The Morgan fingerprint density at radius 2 is 1.69 bits per heavy atom. The van der Waals surface area contributed by atoms with E-state index >= 15 is 0 Å². The summed E-state index contributed by atoms with van der Waals surface area (Å²) in [6, 6.07) is 19.9. The molecule has 0 spiro atoms. The fraction of sp³-hybridized carbons (Fsp3) is 0.120. The van der Waals surface area contributed by atoms with E-state index in [0.717, 1.165) is 14.6 Å². The number of carbonyl (C=O) groups is 2. The zero-order chi connectivity index (χ0) is 25.2. The highest BCUT2D eigenvalue weighted by molar-refractivity contribution is 9.10. The summed E-state index contributed by atoms with van der Waals surface area (Å²) in [6.45, 7) is 2.02. The van der Waals surface area contributed by atoms with E-state index in [0.29, 0.717) is 21.8 Å². The lowest BCUT2D eigenvalue weighted by Gasteiger charge is -2.19. The van der Waals surface area contributed by atoms with E-state index in [-0.39, 0.29) is 17.4 Å². The summed E-state index contributed by atoms with van der Waals surface area (Å²) in [5.41, 5.74) is 1.43. The number of nitrogens with one attached hydrogen (secondary N) is 1. The third kappa shape index (κ3) is 5.39. The Hall–Kier alpha value is -3.21. The number of esters is 1. The highest BCUT2D eigenvalue weighted by atomic mass is 79.9. The van der Waals surface area contributed by atoms with E-state index < -0.39 is 16.0 Å². The molecule has 0 saturated carbocycles. The Balaban J connectivity index is 1.53. The van der Waals surface area contributed by atoms with Gasteiger partial charge in [-0.2, -0.15) is 0 Å². The first-order chi connectivity index (χ1) is 16.7. The van der Waals surface area contributed by atoms with Crippen LogP contribution in [0.4, 0.5) is 11.4 Å². The van der Waals surface area contributed by atoms with Crippen molar-refractivity contribution in [3.8, 4) is 0 Å². The van der Waals surface area contributed by atoms with E-state index in [1.165, 1.54) is 22.7 Å². The van der Waals surface area contributed by atoms with Crippen molar-refractivity contribution < 1.29 is 22.7 Å². The third-order valence-corrected chi connectivity index (χ3v) is 8.66. The molecular weight excluding hydrogens is 552 g/mol. The number of fused-ring (bicyclic) bond motifs is 1. The summed E-state index contributed by atoms with van der Waals surface area (Å²) < 4.78 is 33.9. The molecule has 1 N–H and O–H groups in total. The fourth-order valence-electron chi connectivity index (χ4n) is 3.34. The van der Waals surface area contributed by atoms with Gasteiger partial charge < -0.3 is 10.1 Å². The van der Waals surface area contributed by atoms with Crippen molar-refractivity contribution in [2.24, 2.45) is 0 Å². The maximum absolute atomic E-state index is 13.0. The average Bonchev–Trinajstić information content (AvgIpc) is 3.28. The maximum atomic E-state index is 13.0. The van der Waals surface area contributed by atoms with Crippen LogP contribution in [0.25, 0.3) is 10.1 Å². The van der Waals surface area contributed by atoms with Gasteiger partial charge in [0.15, 0.2) is 0 Å². The monoisotopic (exact) mass is 572 g/mol. The fourth-order valence-corrected chi connectivity index (χ4v) is 5.73. The molecule has 180 valence electrons. The number of rotatable bonds is 7. The lowest BCUT2D eigenvalue weighted by Crippen LogP contribution is -2.26. The van der Waals surface area contributed by atoms with Crippen LogP contribution in [0.2, 0.25) is 0 Å². The van der Waals surface area contributed by atoms with Crippen LogP contribution in [0.3, 0.4) is 0 Å². The number of nitrogens with zero attached hydrogens (tertiary/aromatic N) is 1. The molecule has 0 saturated heterocycles. The van der Waals surface area contributed by atoms with Gasteiger partial charge in [0.2, 0.25) is 0 Å². The molecule has 1 heterocycles. The van der Waals surface area contributed by atoms with Gasteiger partial charge in [0, 0.05) is 21.9 Å². The molecule has 10 heteroatoms. The zero-order valence-electron chi connectivity index (χ0n) is 18.8. The summed E-state index contributed by atoms with van der Waals surface area (Å²) in [4.78, 5) is 25.2. The highest BCUT2D eigenvalue weighted by Crippen LogP contribution is 2.32. The summed E-state index contributed by atoms with van der Waals surface area (Å²) in [5, 5.41) is 3.57. The van der Waals surface area contributed by atoms with Crippen LogP contribution in [-0.2, 0) is 14.8 Å². The number of thiophene rings is 1. The van der Waals surface area contributed by atoms with Gasteiger partial charge in [0.25, 0.3) is 15.9 Å². The summed E-state index contributed by atoms with van der Waals surface area (Å²) >= 11 is 4.62. The molecule has 4 rings (SSSR count). The number of hydrogen-bond donors (Lipinski definition) is 1. The molecule has 0 aliphatic carbocycles. The van der Waals surface area contributed by atoms with Crippen molar-refractivity contribution in [2.75, 3.05) is 23.3 Å². The minimum Gasteiger partial charge on any atom is -0.462 e. The van der Waals surface area contributed by atoms with Crippen molar-refractivity contribution >= 4 is 70.6 Å². The first-order valence-corrected chi connectivity index (χ1v) is 13.6. The molecule has 1 amide bonds.